The Bertz CT molecular complexity index is 887. The minimum Gasteiger partial charge on any atom is -0.463 e. The molecule has 11 heteroatoms. The SMILES string of the molecule is CCCCCCCCCCc1cn(C[C@@H](CO[C@@H]2C=C[C@H](OC(C)=O)[C@@H](COC(C)=O)O2)OC(C)=O)nn1. The van der Waals surface area contributed by atoms with Crippen LogP contribution >= 0.6 is 0 Å². The maximum atomic E-state index is 11.7. The summed E-state index contributed by atoms with van der Waals surface area (Å²) in [7, 11) is 0. The Hall–Kier alpha value is -2.79. The van der Waals surface area contributed by atoms with Crippen molar-refractivity contribution in [2.45, 2.75) is 117 Å². The Kier molecular flexibility index (Phi) is 14.6. The van der Waals surface area contributed by atoms with E-state index in [0.717, 1.165) is 18.5 Å². The van der Waals surface area contributed by atoms with Crippen molar-refractivity contribution in [3.8, 4) is 0 Å². The van der Waals surface area contributed by atoms with Gasteiger partial charge in [0.15, 0.2) is 6.29 Å². The van der Waals surface area contributed by atoms with Crippen molar-refractivity contribution in [2.24, 2.45) is 0 Å². The predicted octanol–water partition coefficient (Wildman–Crippen LogP) is 3.69. The molecule has 1 aromatic rings. The van der Waals surface area contributed by atoms with Gasteiger partial charge in [-0.1, -0.05) is 57.1 Å². The van der Waals surface area contributed by atoms with Crippen molar-refractivity contribution in [3.05, 3.63) is 24.0 Å². The molecule has 0 saturated heterocycles. The van der Waals surface area contributed by atoms with Crippen molar-refractivity contribution >= 4 is 17.9 Å². The molecule has 0 fully saturated rings. The standard InChI is InChI=1S/C27H43N3O8/c1-5-6-7-8-9-10-11-12-13-23-16-30(29-28-23)17-24(36-21(3)32)18-35-27-15-14-25(37-22(4)33)26(38-27)19-34-20(2)31/h14-16,24-27H,5-13,17-19H2,1-4H3/t24-,25-,26+,27-/m0/s1. The van der Waals surface area contributed by atoms with E-state index in [0.29, 0.717) is 0 Å². The van der Waals surface area contributed by atoms with E-state index < -0.39 is 42.5 Å². The summed E-state index contributed by atoms with van der Waals surface area (Å²) < 4.78 is 28.9. The summed E-state index contributed by atoms with van der Waals surface area (Å²) in [4.78, 5) is 34.3. The molecule has 4 atom stereocenters. The normalized spacial score (nSPS) is 19.6. The first-order chi connectivity index (χ1) is 18.3. The molecule has 2 rings (SSSR count). The molecule has 0 amide bonds. The molecular weight excluding hydrogens is 494 g/mol. The van der Waals surface area contributed by atoms with Crippen LogP contribution in [0.3, 0.4) is 0 Å². The van der Waals surface area contributed by atoms with Gasteiger partial charge in [-0.3, -0.25) is 14.4 Å². The lowest BCUT2D eigenvalue weighted by molar-refractivity contribution is -0.205. The highest BCUT2D eigenvalue weighted by Gasteiger charge is 2.31. The predicted molar refractivity (Wildman–Crippen MR) is 138 cm³/mol. The van der Waals surface area contributed by atoms with Gasteiger partial charge < -0.3 is 23.7 Å². The van der Waals surface area contributed by atoms with Crippen molar-refractivity contribution in [1.29, 1.82) is 0 Å². The highest BCUT2D eigenvalue weighted by Crippen LogP contribution is 2.19. The molecule has 0 saturated carbocycles. The number of hydrogen-bond acceptors (Lipinski definition) is 10. The topological polar surface area (TPSA) is 128 Å². The summed E-state index contributed by atoms with van der Waals surface area (Å²) in [5.74, 6) is -1.41. The monoisotopic (exact) mass is 537 g/mol. The molecule has 0 spiro atoms. The summed E-state index contributed by atoms with van der Waals surface area (Å²) in [6, 6.07) is 0. The van der Waals surface area contributed by atoms with Crippen LogP contribution in [0.1, 0.15) is 84.8 Å². The van der Waals surface area contributed by atoms with Crippen LogP contribution in [-0.2, 0) is 51.0 Å². The number of nitrogens with zero attached hydrogens (tertiary/aromatic N) is 3. The van der Waals surface area contributed by atoms with E-state index in [9.17, 15) is 14.4 Å². The van der Waals surface area contributed by atoms with Gasteiger partial charge in [0, 0.05) is 27.0 Å². The summed E-state index contributed by atoms with van der Waals surface area (Å²) in [6.07, 6.45) is 13.0. The smallest absolute Gasteiger partial charge is 0.303 e. The van der Waals surface area contributed by atoms with E-state index in [2.05, 4.69) is 17.2 Å². The third-order valence-electron chi connectivity index (χ3n) is 5.93. The summed E-state index contributed by atoms with van der Waals surface area (Å²) in [5.41, 5.74) is 0.904. The van der Waals surface area contributed by atoms with Gasteiger partial charge in [-0.2, -0.15) is 0 Å². The lowest BCUT2D eigenvalue weighted by Gasteiger charge is -2.31. The highest BCUT2D eigenvalue weighted by atomic mass is 16.7. The van der Waals surface area contributed by atoms with Gasteiger partial charge in [-0.05, 0) is 25.0 Å². The second kappa shape index (κ2) is 17.7. The Labute approximate surface area is 225 Å². The van der Waals surface area contributed by atoms with Crippen LogP contribution in [-0.4, -0.2) is 70.7 Å². The molecule has 1 aromatic heterocycles. The Morgan fingerprint density at radius 1 is 0.974 bits per heavy atom. The van der Waals surface area contributed by atoms with Gasteiger partial charge in [0.05, 0.1) is 18.8 Å². The first-order valence-electron chi connectivity index (χ1n) is 13.6. The van der Waals surface area contributed by atoms with Gasteiger partial charge in [0.1, 0.15) is 24.9 Å². The maximum absolute atomic E-state index is 11.7. The number of carbonyl (C=O) groups is 3. The molecule has 1 aliphatic heterocycles. The maximum Gasteiger partial charge on any atom is 0.303 e. The zero-order valence-corrected chi connectivity index (χ0v) is 23.1. The Balaban J connectivity index is 1.83. The summed E-state index contributed by atoms with van der Waals surface area (Å²) in [5, 5.41) is 8.42. The van der Waals surface area contributed by atoms with Crippen LogP contribution in [0.15, 0.2) is 18.3 Å². The van der Waals surface area contributed by atoms with Crippen LogP contribution in [0.2, 0.25) is 0 Å². The Morgan fingerprint density at radius 3 is 2.34 bits per heavy atom. The lowest BCUT2D eigenvalue weighted by atomic mass is 10.1. The van der Waals surface area contributed by atoms with E-state index in [-0.39, 0.29) is 19.8 Å². The number of esters is 3. The van der Waals surface area contributed by atoms with Crippen LogP contribution in [0.25, 0.3) is 0 Å². The van der Waals surface area contributed by atoms with E-state index in [1.54, 1.807) is 16.8 Å². The third-order valence-corrected chi connectivity index (χ3v) is 5.93. The number of carbonyl (C=O) groups excluding carboxylic acids is 3. The quantitative estimate of drug-likeness (QED) is 0.118. The zero-order valence-electron chi connectivity index (χ0n) is 23.1. The van der Waals surface area contributed by atoms with Gasteiger partial charge >= 0.3 is 17.9 Å². The number of rotatable bonds is 18. The minimum absolute atomic E-state index is 0.0281. The molecule has 0 aromatic carbocycles. The van der Waals surface area contributed by atoms with Gasteiger partial charge in [0.2, 0.25) is 0 Å². The van der Waals surface area contributed by atoms with Crippen LogP contribution in [0.5, 0.6) is 0 Å². The fraction of sp³-hybridized carbons (Fsp3) is 0.741. The average molecular weight is 538 g/mol. The molecule has 11 nitrogen and oxygen atoms in total. The largest absolute Gasteiger partial charge is 0.463 e. The molecule has 0 N–H and O–H groups in total. The van der Waals surface area contributed by atoms with Gasteiger partial charge in [0.25, 0.3) is 0 Å². The number of aromatic nitrogens is 3. The Morgan fingerprint density at radius 2 is 1.68 bits per heavy atom. The van der Waals surface area contributed by atoms with Crippen molar-refractivity contribution in [3.63, 3.8) is 0 Å². The second-order valence-corrected chi connectivity index (χ2v) is 9.53. The lowest BCUT2D eigenvalue weighted by Crippen LogP contribution is -2.43. The fourth-order valence-electron chi connectivity index (χ4n) is 4.11. The van der Waals surface area contributed by atoms with E-state index in [1.807, 2.05) is 6.20 Å². The molecule has 1 aliphatic rings. The third kappa shape index (κ3) is 13.1. The van der Waals surface area contributed by atoms with Crippen LogP contribution in [0.4, 0.5) is 0 Å². The number of ether oxygens (including phenoxy) is 5. The van der Waals surface area contributed by atoms with Crippen molar-refractivity contribution in [2.75, 3.05) is 13.2 Å². The zero-order chi connectivity index (χ0) is 27.8. The molecule has 0 unspecified atom stereocenters. The van der Waals surface area contributed by atoms with Crippen molar-refractivity contribution in [1.82, 2.24) is 15.0 Å². The highest BCUT2D eigenvalue weighted by molar-refractivity contribution is 5.67. The summed E-state index contributed by atoms with van der Waals surface area (Å²) in [6.45, 7) is 6.32. The van der Waals surface area contributed by atoms with Crippen molar-refractivity contribution < 1.29 is 38.1 Å². The number of unbranched alkanes of at least 4 members (excludes halogenated alkanes) is 7. The first-order valence-corrected chi connectivity index (χ1v) is 13.6. The van der Waals surface area contributed by atoms with E-state index >= 15 is 0 Å². The van der Waals surface area contributed by atoms with Gasteiger partial charge in [-0.25, -0.2) is 4.68 Å². The second-order valence-electron chi connectivity index (χ2n) is 9.53. The molecule has 0 aliphatic carbocycles. The van der Waals surface area contributed by atoms with E-state index in [1.165, 1.54) is 65.7 Å². The number of aryl methyl sites for hydroxylation is 1. The summed E-state index contributed by atoms with van der Waals surface area (Å²) >= 11 is 0. The molecule has 214 valence electrons. The van der Waals surface area contributed by atoms with Gasteiger partial charge in [-0.15, -0.1) is 5.10 Å². The minimum atomic E-state index is -0.811. The van der Waals surface area contributed by atoms with Crippen LogP contribution in [0, 0.1) is 0 Å². The molecular formula is C27H43N3O8. The first kappa shape index (κ1) is 31.4. The molecule has 2 heterocycles. The van der Waals surface area contributed by atoms with Crippen LogP contribution < -0.4 is 0 Å². The average Bonchev–Trinajstić information content (AvgIpc) is 3.30. The van der Waals surface area contributed by atoms with E-state index in [4.69, 9.17) is 23.7 Å². The fourth-order valence-corrected chi connectivity index (χ4v) is 4.11. The molecule has 0 bridgehead atoms. The number of hydrogen-bond donors (Lipinski definition) is 0. The molecule has 38 heavy (non-hydrogen) atoms. The molecule has 0 radical (unpaired) electrons.